The molecule has 0 aromatic carbocycles. The number of hydrogen-bond acceptors (Lipinski definition) is 6. The SMILES string of the molecule is CCC(=O)c1cc(Nc2cc(C)n(C(C)(C)C)n2)nc(C[C@@]2(C(=O)O)CCN[C@H](C)C2)c1F. The second-order valence-electron chi connectivity index (χ2n) is 10.0. The summed E-state index contributed by atoms with van der Waals surface area (Å²) in [6, 6.07) is 3.22. The van der Waals surface area contributed by atoms with Crippen LogP contribution in [0.4, 0.5) is 16.0 Å². The highest BCUT2D eigenvalue weighted by Crippen LogP contribution is 2.37. The predicted octanol–water partition coefficient (Wildman–Crippen LogP) is 4.20. The Morgan fingerprint density at radius 2 is 2.03 bits per heavy atom. The van der Waals surface area contributed by atoms with Crippen molar-refractivity contribution in [2.45, 2.75) is 78.8 Å². The number of carbonyl (C=O) groups is 2. The fraction of sp³-hybridized carbons (Fsp3) is 0.583. The molecule has 0 spiro atoms. The van der Waals surface area contributed by atoms with Gasteiger partial charge in [-0.15, -0.1) is 0 Å². The Kier molecular flexibility index (Phi) is 6.93. The number of carboxylic acids is 1. The zero-order chi connectivity index (χ0) is 24.6. The van der Waals surface area contributed by atoms with Gasteiger partial charge in [-0.1, -0.05) is 6.92 Å². The van der Waals surface area contributed by atoms with E-state index in [-0.39, 0.29) is 47.3 Å². The minimum Gasteiger partial charge on any atom is -0.481 e. The molecule has 1 aliphatic rings. The third kappa shape index (κ3) is 5.24. The first kappa shape index (κ1) is 24.8. The van der Waals surface area contributed by atoms with Crippen molar-refractivity contribution in [3.63, 3.8) is 0 Å². The lowest BCUT2D eigenvalue weighted by molar-refractivity contribution is -0.151. The van der Waals surface area contributed by atoms with E-state index in [2.05, 4.69) is 20.7 Å². The molecular weight excluding hydrogens is 425 g/mol. The number of halogens is 1. The van der Waals surface area contributed by atoms with Crippen LogP contribution in [0.5, 0.6) is 0 Å². The molecule has 180 valence electrons. The summed E-state index contributed by atoms with van der Waals surface area (Å²) in [5.41, 5.74) is -0.534. The third-order valence-electron chi connectivity index (χ3n) is 6.18. The fourth-order valence-corrected chi connectivity index (χ4v) is 4.57. The lowest BCUT2D eigenvalue weighted by Crippen LogP contribution is -2.48. The van der Waals surface area contributed by atoms with Crippen molar-refractivity contribution >= 4 is 23.4 Å². The fourth-order valence-electron chi connectivity index (χ4n) is 4.57. The molecule has 1 saturated heterocycles. The molecule has 3 heterocycles. The van der Waals surface area contributed by atoms with Crippen LogP contribution in [0.3, 0.4) is 0 Å². The highest BCUT2D eigenvalue weighted by Gasteiger charge is 2.43. The Hall–Kier alpha value is -2.81. The first-order valence-corrected chi connectivity index (χ1v) is 11.4. The van der Waals surface area contributed by atoms with Gasteiger partial charge in [0, 0.05) is 30.6 Å². The van der Waals surface area contributed by atoms with Crippen LogP contribution in [0, 0.1) is 18.2 Å². The normalized spacial score (nSPS) is 21.1. The molecule has 0 unspecified atom stereocenters. The standard InChI is InChI=1S/C24H34FN5O3/c1-7-18(31)16-11-19(28-20-10-15(3)30(29-20)23(4,5)6)27-17(21(16)25)13-24(22(32)33)8-9-26-14(2)12-24/h10-11,14,26H,7-9,12-13H2,1-6H3,(H,32,33)(H,27,28,29)/t14-,24-/m1/s1. The number of carboxylic acid groups (broad SMARTS) is 1. The van der Waals surface area contributed by atoms with Crippen molar-refractivity contribution in [3.8, 4) is 0 Å². The molecule has 0 amide bonds. The van der Waals surface area contributed by atoms with E-state index < -0.39 is 17.2 Å². The Morgan fingerprint density at radius 3 is 2.58 bits per heavy atom. The second-order valence-corrected chi connectivity index (χ2v) is 10.0. The molecule has 33 heavy (non-hydrogen) atoms. The summed E-state index contributed by atoms with van der Waals surface area (Å²) in [4.78, 5) is 29.2. The van der Waals surface area contributed by atoms with Gasteiger partial charge in [0.15, 0.2) is 17.4 Å². The number of carbonyl (C=O) groups excluding carboxylic acids is 1. The second kappa shape index (κ2) is 9.21. The van der Waals surface area contributed by atoms with Gasteiger partial charge in [0.05, 0.1) is 22.2 Å². The number of nitrogens with one attached hydrogen (secondary N) is 2. The van der Waals surface area contributed by atoms with E-state index in [9.17, 15) is 14.7 Å². The molecule has 0 saturated carbocycles. The van der Waals surface area contributed by atoms with E-state index in [1.807, 2.05) is 45.4 Å². The van der Waals surface area contributed by atoms with Crippen molar-refractivity contribution in [1.82, 2.24) is 20.1 Å². The number of pyridine rings is 1. The topological polar surface area (TPSA) is 109 Å². The van der Waals surface area contributed by atoms with Crippen molar-refractivity contribution in [3.05, 3.63) is 34.9 Å². The Bertz CT molecular complexity index is 1060. The Labute approximate surface area is 194 Å². The number of aromatic nitrogens is 3. The maximum absolute atomic E-state index is 15.4. The molecule has 3 rings (SSSR count). The average Bonchev–Trinajstić information content (AvgIpc) is 3.10. The minimum atomic E-state index is -1.14. The van der Waals surface area contributed by atoms with Gasteiger partial charge < -0.3 is 15.7 Å². The smallest absolute Gasteiger partial charge is 0.310 e. The van der Waals surface area contributed by atoms with Gasteiger partial charge in [-0.05, 0) is 60.1 Å². The highest BCUT2D eigenvalue weighted by molar-refractivity contribution is 5.97. The monoisotopic (exact) mass is 459 g/mol. The van der Waals surface area contributed by atoms with Crippen molar-refractivity contribution in [1.29, 1.82) is 0 Å². The van der Waals surface area contributed by atoms with Crippen LogP contribution < -0.4 is 10.6 Å². The summed E-state index contributed by atoms with van der Waals surface area (Å²) in [6.45, 7) is 12.2. The summed E-state index contributed by atoms with van der Waals surface area (Å²) >= 11 is 0. The van der Waals surface area contributed by atoms with Gasteiger partial charge in [-0.2, -0.15) is 5.10 Å². The van der Waals surface area contributed by atoms with E-state index in [0.717, 1.165) is 5.69 Å². The van der Waals surface area contributed by atoms with Crippen LogP contribution in [0.25, 0.3) is 0 Å². The van der Waals surface area contributed by atoms with E-state index in [4.69, 9.17) is 0 Å². The minimum absolute atomic E-state index is 0.0136. The number of aliphatic carboxylic acids is 1. The first-order valence-electron chi connectivity index (χ1n) is 11.4. The zero-order valence-electron chi connectivity index (χ0n) is 20.3. The lowest BCUT2D eigenvalue weighted by Gasteiger charge is -2.37. The molecule has 0 bridgehead atoms. The Morgan fingerprint density at radius 1 is 1.33 bits per heavy atom. The molecule has 0 aliphatic carbocycles. The van der Waals surface area contributed by atoms with Crippen molar-refractivity contribution < 1.29 is 19.1 Å². The molecule has 0 radical (unpaired) electrons. The molecule has 8 nitrogen and oxygen atoms in total. The largest absolute Gasteiger partial charge is 0.481 e. The number of nitrogens with zero attached hydrogens (tertiary/aromatic N) is 3. The molecule has 2 atom stereocenters. The molecule has 9 heteroatoms. The molecule has 3 N–H and O–H groups in total. The van der Waals surface area contributed by atoms with E-state index in [0.29, 0.717) is 25.2 Å². The maximum atomic E-state index is 15.4. The summed E-state index contributed by atoms with van der Waals surface area (Å²) in [5, 5.41) is 20.9. The lowest BCUT2D eigenvalue weighted by atomic mass is 9.73. The van der Waals surface area contributed by atoms with Crippen LogP contribution in [-0.4, -0.2) is 44.2 Å². The van der Waals surface area contributed by atoms with Crippen molar-refractivity contribution in [2.75, 3.05) is 11.9 Å². The number of piperidine rings is 1. The summed E-state index contributed by atoms with van der Waals surface area (Å²) in [5.74, 6) is -1.29. The van der Waals surface area contributed by atoms with Gasteiger partial charge >= 0.3 is 5.97 Å². The van der Waals surface area contributed by atoms with Crippen molar-refractivity contribution in [2.24, 2.45) is 5.41 Å². The summed E-state index contributed by atoms with van der Waals surface area (Å²) in [7, 11) is 0. The van der Waals surface area contributed by atoms with E-state index >= 15 is 4.39 Å². The molecule has 2 aromatic heterocycles. The van der Waals surface area contributed by atoms with Gasteiger partial charge in [-0.3, -0.25) is 14.3 Å². The third-order valence-corrected chi connectivity index (χ3v) is 6.18. The average molecular weight is 460 g/mol. The summed E-state index contributed by atoms with van der Waals surface area (Å²) < 4.78 is 17.3. The summed E-state index contributed by atoms with van der Waals surface area (Å²) in [6.07, 6.45) is 0.753. The molecule has 2 aromatic rings. The maximum Gasteiger partial charge on any atom is 0.310 e. The van der Waals surface area contributed by atoms with Crippen LogP contribution in [0.1, 0.15) is 75.6 Å². The van der Waals surface area contributed by atoms with Gasteiger partial charge in [-0.25, -0.2) is 9.37 Å². The number of hydrogen-bond donors (Lipinski definition) is 3. The van der Waals surface area contributed by atoms with Gasteiger partial charge in [0.1, 0.15) is 5.82 Å². The number of anilines is 2. The van der Waals surface area contributed by atoms with Crippen LogP contribution >= 0.6 is 0 Å². The van der Waals surface area contributed by atoms with Crippen LogP contribution in [-0.2, 0) is 16.8 Å². The number of ketones is 1. The number of Topliss-reactive ketones (excluding diaryl/α,β-unsaturated/α-hetero) is 1. The van der Waals surface area contributed by atoms with Crippen LogP contribution in [0.15, 0.2) is 12.1 Å². The van der Waals surface area contributed by atoms with E-state index in [1.54, 1.807) is 6.92 Å². The van der Waals surface area contributed by atoms with E-state index in [1.165, 1.54) is 6.07 Å². The van der Waals surface area contributed by atoms with Crippen LogP contribution in [0.2, 0.25) is 0 Å². The molecule has 1 aliphatic heterocycles. The highest BCUT2D eigenvalue weighted by atomic mass is 19.1. The molecular formula is C24H34FN5O3. The molecule has 1 fully saturated rings. The first-order chi connectivity index (χ1) is 15.4. The quantitative estimate of drug-likeness (QED) is 0.532. The zero-order valence-corrected chi connectivity index (χ0v) is 20.3. The predicted molar refractivity (Wildman–Crippen MR) is 125 cm³/mol. The Balaban J connectivity index is 2.03. The number of rotatable bonds is 7. The van der Waals surface area contributed by atoms with Gasteiger partial charge in [0.25, 0.3) is 0 Å². The number of aryl methyl sites for hydroxylation is 1. The van der Waals surface area contributed by atoms with Gasteiger partial charge in [0.2, 0.25) is 0 Å².